The van der Waals surface area contributed by atoms with Crippen molar-refractivity contribution in [2.24, 2.45) is 5.92 Å². The van der Waals surface area contributed by atoms with E-state index in [2.05, 4.69) is 15.3 Å². The fraction of sp³-hybridized carbons (Fsp3) is 0.692. The van der Waals surface area contributed by atoms with Crippen LogP contribution in [0.4, 0.5) is 11.5 Å². The van der Waals surface area contributed by atoms with Gasteiger partial charge in [-0.3, -0.25) is 0 Å². The molecular weight excluding hydrogens is 260 g/mol. The first-order valence-electron chi connectivity index (χ1n) is 6.75. The third kappa shape index (κ3) is 4.16. The monoisotopic (exact) mass is 282 g/mol. The lowest BCUT2D eigenvalue weighted by Gasteiger charge is -2.22. The number of ether oxygens (including phenoxy) is 1. The molecule has 0 aromatic carbocycles. The molecule has 0 bridgehead atoms. The Labute approximate surface area is 118 Å². The largest absolute Gasteiger partial charge is 0.473 e. The summed E-state index contributed by atoms with van der Waals surface area (Å²) in [6, 6.07) is 0. The molecule has 1 aromatic heterocycles. The van der Waals surface area contributed by atoms with Crippen molar-refractivity contribution in [1.29, 1.82) is 0 Å². The van der Waals surface area contributed by atoms with Crippen molar-refractivity contribution >= 4 is 23.3 Å². The van der Waals surface area contributed by atoms with Gasteiger partial charge in [-0.25, -0.2) is 4.98 Å². The van der Waals surface area contributed by atoms with Gasteiger partial charge >= 0.3 is 0 Å². The van der Waals surface area contributed by atoms with Crippen molar-refractivity contribution in [2.75, 3.05) is 29.1 Å². The SMILES string of the molecule is CC(C)Oc1ncnc(NCC2CCSCC2)c1N. The Balaban J connectivity index is 1.95. The molecule has 2 heterocycles. The van der Waals surface area contributed by atoms with Crippen molar-refractivity contribution in [3.05, 3.63) is 6.33 Å². The van der Waals surface area contributed by atoms with E-state index in [9.17, 15) is 0 Å². The number of aromatic nitrogens is 2. The summed E-state index contributed by atoms with van der Waals surface area (Å²) in [6.45, 7) is 4.82. The van der Waals surface area contributed by atoms with E-state index in [1.807, 2.05) is 25.6 Å². The zero-order valence-electron chi connectivity index (χ0n) is 11.6. The van der Waals surface area contributed by atoms with Crippen LogP contribution in [0, 0.1) is 5.92 Å². The molecule has 0 spiro atoms. The Morgan fingerprint density at radius 1 is 1.42 bits per heavy atom. The molecule has 1 fully saturated rings. The summed E-state index contributed by atoms with van der Waals surface area (Å²) in [4.78, 5) is 8.27. The fourth-order valence-electron chi connectivity index (χ4n) is 2.03. The normalized spacial score (nSPS) is 16.6. The van der Waals surface area contributed by atoms with Crippen molar-refractivity contribution in [3.63, 3.8) is 0 Å². The minimum absolute atomic E-state index is 0.0559. The fourth-order valence-corrected chi connectivity index (χ4v) is 3.23. The molecule has 0 atom stereocenters. The highest BCUT2D eigenvalue weighted by atomic mass is 32.2. The van der Waals surface area contributed by atoms with Crippen molar-refractivity contribution in [3.8, 4) is 5.88 Å². The number of nitrogens with zero attached hydrogens (tertiary/aromatic N) is 2. The van der Waals surface area contributed by atoms with Gasteiger partial charge in [0.25, 0.3) is 0 Å². The van der Waals surface area contributed by atoms with Crippen LogP contribution in [0.25, 0.3) is 0 Å². The second kappa shape index (κ2) is 6.84. The van der Waals surface area contributed by atoms with E-state index in [0.29, 0.717) is 23.3 Å². The highest BCUT2D eigenvalue weighted by Gasteiger charge is 2.15. The van der Waals surface area contributed by atoms with Crippen LogP contribution in [0.5, 0.6) is 5.88 Å². The third-order valence-electron chi connectivity index (χ3n) is 3.09. The van der Waals surface area contributed by atoms with Crippen LogP contribution in [-0.2, 0) is 0 Å². The summed E-state index contributed by atoms with van der Waals surface area (Å²) in [7, 11) is 0. The van der Waals surface area contributed by atoms with Crippen LogP contribution in [0.15, 0.2) is 6.33 Å². The molecule has 19 heavy (non-hydrogen) atoms. The van der Waals surface area contributed by atoms with Crippen LogP contribution in [0.2, 0.25) is 0 Å². The van der Waals surface area contributed by atoms with Crippen LogP contribution in [0.1, 0.15) is 26.7 Å². The second-order valence-corrected chi connectivity index (χ2v) is 6.27. The molecule has 6 heteroatoms. The van der Waals surface area contributed by atoms with E-state index < -0.39 is 0 Å². The third-order valence-corrected chi connectivity index (χ3v) is 4.14. The van der Waals surface area contributed by atoms with Gasteiger partial charge in [0.05, 0.1) is 6.10 Å². The number of hydrogen-bond donors (Lipinski definition) is 2. The molecule has 3 N–H and O–H groups in total. The molecule has 1 aliphatic heterocycles. The first-order chi connectivity index (χ1) is 9.16. The summed E-state index contributed by atoms with van der Waals surface area (Å²) < 4.78 is 5.56. The average Bonchev–Trinajstić information content (AvgIpc) is 2.40. The van der Waals surface area contributed by atoms with E-state index >= 15 is 0 Å². The standard InChI is InChI=1S/C13H22N4OS/c1-9(2)18-13-11(14)12(16-8-17-13)15-7-10-3-5-19-6-4-10/h8-10H,3-7,14H2,1-2H3,(H,15,16,17). The minimum Gasteiger partial charge on any atom is -0.473 e. The first-order valence-corrected chi connectivity index (χ1v) is 7.91. The van der Waals surface area contributed by atoms with E-state index in [-0.39, 0.29) is 6.10 Å². The van der Waals surface area contributed by atoms with Gasteiger partial charge in [0.1, 0.15) is 12.0 Å². The molecule has 1 saturated heterocycles. The van der Waals surface area contributed by atoms with Crippen LogP contribution >= 0.6 is 11.8 Å². The smallest absolute Gasteiger partial charge is 0.242 e. The van der Waals surface area contributed by atoms with Crippen molar-refractivity contribution in [2.45, 2.75) is 32.8 Å². The first kappa shape index (κ1) is 14.2. The van der Waals surface area contributed by atoms with E-state index in [1.165, 1.54) is 30.7 Å². The Kier molecular flexibility index (Phi) is 5.13. The zero-order chi connectivity index (χ0) is 13.7. The molecule has 1 aliphatic rings. The minimum atomic E-state index is 0.0559. The highest BCUT2D eigenvalue weighted by Crippen LogP contribution is 2.27. The summed E-state index contributed by atoms with van der Waals surface area (Å²) in [5.41, 5.74) is 6.53. The van der Waals surface area contributed by atoms with Crippen LogP contribution in [-0.4, -0.2) is 34.1 Å². The molecular formula is C13H22N4OS. The molecule has 0 unspecified atom stereocenters. The summed E-state index contributed by atoms with van der Waals surface area (Å²) in [5, 5.41) is 3.33. The average molecular weight is 282 g/mol. The zero-order valence-corrected chi connectivity index (χ0v) is 12.4. The summed E-state index contributed by atoms with van der Waals surface area (Å²) >= 11 is 2.03. The number of rotatable bonds is 5. The number of anilines is 2. The van der Waals surface area contributed by atoms with Crippen molar-refractivity contribution in [1.82, 2.24) is 9.97 Å². The molecule has 0 amide bonds. The summed E-state index contributed by atoms with van der Waals surface area (Å²) in [6.07, 6.45) is 4.07. The van der Waals surface area contributed by atoms with Gasteiger partial charge in [-0.2, -0.15) is 16.7 Å². The molecule has 2 rings (SSSR count). The maximum absolute atomic E-state index is 6.03. The maximum Gasteiger partial charge on any atom is 0.242 e. The summed E-state index contributed by atoms with van der Waals surface area (Å²) in [5.74, 6) is 4.38. The lowest BCUT2D eigenvalue weighted by Crippen LogP contribution is -2.20. The molecule has 0 saturated carbocycles. The van der Waals surface area contributed by atoms with Gasteiger partial charge in [0, 0.05) is 6.54 Å². The van der Waals surface area contributed by atoms with Gasteiger partial charge in [0.2, 0.25) is 5.88 Å². The van der Waals surface area contributed by atoms with Crippen LogP contribution < -0.4 is 15.8 Å². The molecule has 0 aliphatic carbocycles. The topological polar surface area (TPSA) is 73.1 Å². The van der Waals surface area contributed by atoms with Gasteiger partial charge in [-0.05, 0) is 44.1 Å². The number of nitrogens with one attached hydrogen (secondary N) is 1. The number of nitrogen functional groups attached to an aromatic ring is 1. The Hall–Kier alpha value is -1.17. The molecule has 5 nitrogen and oxygen atoms in total. The molecule has 106 valence electrons. The van der Waals surface area contributed by atoms with Gasteiger partial charge in [0.15, 0.2) is 5.82 Å². The van der Waals surface area contributed by atoms with E-state index in [0.717, 1.165) is 6.54 Å². The maximum atomic E-state index is 6.03. The van der Waals surface area contributed by atoms with Crippen molar-refractivity contribution < 1.29 is 4.74 Å². The van der Waals surface area contributed by atoms with Crippen LogP contribution in [0.3, 0.4) is 0 Å². The van der Waals surface area contributed by atoms with Gasteiger partial charge < -0.3 is 15.8 Å². The lowest BCUT2D eigenvalue weighted by molar-refractivity contribution is 0.234. The Bertz CT molecular complexity index is 408. The number of hydrogen-bond acceptors (Lipinski definition) is 6. The quantitative estimate of drug-likeness (QED) is 0.864. The Morgan fingerprint density at radius 2 is 2.16 bits per heavy atom. The molecule has 0 radical (unpaired) electrons. The predicted molar refractivity (Wildman–Crippen MR) is 80.7 cm³/mol. The predicted octanol–water partition coefficient (Wildman–Crippen LogP) is 2.40. The van der Waals surface area contributed by atoms with Gasteiger partial charge in [-0.1, -0.05) is 0 Å². The Morgan fingerprint density at radius 3 is 2.84 bits per heavy atom. The number of nitrogens with two attached hydrogens (primary N) is 1. The molecule has 1 aromatic rings. The van der Waals surface area contributed by atoms with E-state index in [1.54, 1.807) is 0 Å². The van der Waals surface area contributed by atoms with E-state index in [4.69, 9.17) is 10.5 Å². The second-order valence-electron chi connectivity index (χ2n) is 5.04. The van der Waals surface area contributed by atoms with Gasteiger partial charge in [-0.15, -0.1) is 0 Å². The number of thioether (sulfide) groups is 1. The lowest BCUT2D eigenvalue weighted by atomic mass is 10.0. The highest BCUT2D eigenvalue weighted by molar-refractivity contribution is 7.99.